The summed E-state index contributed by atoms with van der Waals surface area (Å²) in [5.74, 6) is 0.918. The van der Waals surface area contributed by atoms with Crippen LogP contribution in [0.15, 0.2) is 42.5 Å². The summed E-state index contributed by atoms with van der Waals surface area (Å²) >= 11 is 0. The quantitative estimate of drug-likeness (QED) is 0.878. The molecule has 1 aliphatic rings. The number of ether oxygens (including phenoxy) is 4. The predicted molar refractivity (Wildman–Crippen MR) is 79.8 cm³/mol. The van der Waals surface area contributed by atoms with Gasteiger partial charge in [-0.2, -0.15) is 8.78 Å². The van der Waals surface area contributed by atoms with Crippen LogP contribution in [0.2, 0.25) is 0 Å². The maximum absolute atomic E-state index is 12.3. The van der Waals surface area contributed by atoms with Crippen LogP contribution in [0.1, 0.15) is 0 Å². The first-order chi connectivity index (χ1) is 11.6. The maximum atomic E-state index is 12.3. The summed E-state index contributed by atoms with van der Waals surface area (Å²) in [6, 6.07) is 10.8. The van der Waals surface area contributed by atoms with E-state index in [1.165, 1.54) is 18.2 Å². The Kier molecular flexibility index (Phi) is 4.64. The molecule has 0 radical (unpaired) electrons. The monoisotopic (exact) mass is 337 g/mol. The summed E-state index contributed by atoms with van der Waals surface area (Å²) < 4.78 is 44.7. The molecule has 2 aromatic carbocycles. The normalized spacial score (nSPS) is 12.1. The van der Waals surface area contributed by atoms with Crippen molar-refractivity contribution in [3.63, 3.8) is 0 Å². The average molecular weight is 337 g/mol. The van der Waals surface area contributed by atoms with Crippen LogP contribution in [0.3, 0.4) is 0 Å². The molecule has 0 saturated carbocycles. The lowest BCUT2D eigenvalue weighted by atomic mass is 10.3. The zero-order valence-corrected chi connectivity index (χ0v) is 12.3. The highest BCUT2D eigenvalue weighted by atomic mass is 19.3. The molecule has 1 amide bonds. The number of halogens is 2. The second kappa shape index (κ2) is 7.03. The number of nitrogens with one attached hydrogen (secondary N) is 1. The second-order valence-electron chi connectivity index (χ2n) is 4.73. The molecular formula is C16H13F2NO5. The average Bonchev–Trinajstić information content (AvgIpc) is 3.02. The lowest BCUT2D eigenvalue weighted by Gasteiger charge is -2.12. The van der Waals surface area contributed by atoms with Crippen molar-refractivity contribution in [3.05, 3.63) is 42.5 Å². The van der Waals surface area contributed by atoms with Crippen molar-refractivity contribution < 1.29 is 32.5 Å². The van der Waals surface area contributed by atoms with Crippen molar-refractivity contribution in [3.8, 4) is 23.0 Å². The number of alkyl halides is 2. The van der Waals surface area contributed by atoms with Gasteiger partial charge in [0.2, 0.25) is 6.79 Å². The van der Waals surface area contributed by atoms with Crippen molar-refractivity contribution in [2.24, 2.45) is 0 Å². The lowest BCUT2D eigenvalue weighted by Crippen LogP contribution is -2.20. The fourth-order valence-electron chi connectivity index (χ4n) is 2.07. The Hall–Kier alpha value is -3.03. The molecule has 1 aliphatic heterocycles. The van der Waals surface area contributed by atoms with Crippen LogP contribution < -0.4 is 24.3 Å². The van der Waals surface area contributed by atoms with Crippen LogP contribution in [-0.2, 0) is 4.79 Å². The molecule has 8 heteroatoms. The molecule has 126 valence electrons. The van der Waals surface area contributed by atoms with Gasteiger partial charge in [-0.15, -0.1) is 0 Å². The fraction of sp³-hybridized carbons (Fsp3) is 0.188. The zero-order valence-electron chi connectivity index (χ0n) is 12.3. The van der Waals surface area contributed by atoms with Gasteiger partial charge in [0.25, 0.3) is 5.91 Å². The third-order valence-corrected chi connectivity index (χ3v) is 3.09. The number of hydrogen-bond acceptors (Lipinski definition) is 5. The minimum absolute atomic E-state index is 0.121. The topological polar surface area (TPSA) is 66.0 Å². The third-order valence-electron chi connectivity index (χ3n) is 3.09. The van der Waals surface area contributed by atoms with Crippen molar-refractivity contribution in [2.45, 2.75) is 6.61 Å². The summed E-state index contributed by atoms with van der Waals surface area (Å²) in [7, 11) is 0. The molecule has 0 fully saturated rings. The Morgan fingerprint density at radius 3 is 2.79 bits per heavy atom. The van der Waals surface area contributed by atoms with E-state index in [0.29, 0.717) is 17.2 Å². The molecule has 6 nitrogen and oxygen atoms in total. The highest BCUT2D eigenvalue weighted by Crippen LogP contribution is 2.35. The van der Waals surface area contributed by atoms with Gasteiger partial charge >= 0.3 is 6.61 Å². The molecule has 0 aliphatic carbocycles. The first-order valence-electron chi connectivity index (χ1n) is 6.98. The fourth-order valence-corrected chi connectivity index (χ4v) is 2.07. The van der Waals surface area contributed by atoms with E-state index in [-0.39, 0.29) is 24.8 Å². The molecule has 2 aromatic rings. The summed E-state index contributed by atoms with van der Waals surface area (Å²) in [5, 5.41) is 2.46. The van der Waals surface area contributed by atoms with Crippen LogP contribution in [0.4, 0.5) is 14.5 Å². The molecule has 1 heterocycles. The van der Waals surface area contributed by atoms with Gasteiger partial charge in [-0.05, 0) is 24.3 Å². The molecule has 0 aromatic heterocycles. The minimum Gasteiger partial charge on any atom is -0.484 e. The molecule has 0 atom stereocenters. The van der Waals surface area contributed by atoms with Crippen molar-refractivity contribution in [2.75, 3.05) is 18.7 Å². The van der Waals surface area contributed by atoms with Crippen molar-refractivity contribution in [1.29, 1.82) is 0 Å². The summed E-state index contributed by atoms with van der Waals surface area (Å²) in [6.07, 6.45) is 0. The number of rotatable bonds is 6. The van der Waals surface area contributed by atoms with Crippen LogP contribution in [0.5, 0.6) is 23.0 Å². The molecule has 3 rings (SSSR count). The molecule has 24 heavy (non-hydrogen) atoms. The van der Waals surface area contributed by atoms with E-state index >= 15 is 0 Å². The van der Waals surface area contributed by atoms with Crippen molar-refractivity contribution in [1.82, 2.24) is 0 Å². The van der Waals surface area contributed by atoms with Crippen LogP contribution in [0, 0.1) is 0 Å². The van der Waals surface area contributed by atoms with E-state index < -0.39 is 12.5 Å². The van der Waals surface area contributed by atoms with Gasteiger partial charge in [-0.1, -0.05) is 12.1 Å². The summed E-state index contributed by atoms with van der Waals surface area (Å²) in [6.45, 7) is -3.14. The SMILES string of the molecule is O=C(COc1ccc2c(c1)OCO2)Nc1ccccc1OC(F)F. The molecule has 1 N–H and O–H groups in total. The Bertz CT molecular complexity index is 738. The van der Waals surface area contributed by atoms with Gasteiger partial charge < -0.3 is 24.3 Å². The van der Waals surface area contributed by atoms with E-state index in [4.69, 9.17) is 14.2 Å². The Morgan fingerprint density at radius 2 is 1.96 bits per heavy atom. The summed E-state index contributed by atoms with van der Waals surface area (Å²) in [5.41, 5.74) is 0.136. The molecular weight excluding hydrogens is 324 g/mol. The smallest absolute Gasteiger partial charge is 0.387 e. The number of carbonyl (C=O) groups is 1. The lowest BCUT2D eigenvalue weighted by molar-refractivity contribution is -0.118. The molecule has 0 spiro atoms. The highest BCUT2D eigenvalue weighted by molar-refractivity contribution is 5.93. The van der Waals surface area contributed by atoms with Gasteiger partial charge in [0.05, 0.1) is 5.69 Å². The van der Waals surface area contributed by atoms with Crippen LogP contribution in [-0.4, -0.2) is 25.9 Å². The first kappa shape index (κ1) is 15.9. The van der Waals surface area contributed by atoms with E-state index in [0.717, 1.165) is 0 Å². The Balaban J connectivity index is 1.58. The second-order valence-corrected chi connectivity index (χ2v) is 4.73. The van der Waals surface area contributed by atoms with Gasteiger partial charge in [-0.3, -0.25) is 4.79 Å². The highest BCUT2D eigenvalue weighted by Gasteiger charge is 2.15. The number of hydrogen-bond donors (Lipinski definition) is 1. The van der Waals surface area contributed by atoms with Gasteiger partial charge in [0, 0.05) is 6.07 Å². The number of anilines is 1. The summed E-state index contributed by atoms with van der Waals surface area (Å²) in [4.78, 5) is 11.9. The van der Waals surface area contributed by atoms with E-state index in [2.05, 4.69) is 10.1 Å². The zero-order chi connectivity index (χ0) is 16.9. The van der Waals surface area contributed by atoms with E-state index in [9.17, 15) is 13.6 Å². The molecule has 0 unspecified atom stereocenters. The van der Waals surface area contributed by atoms with E-state index in [1.807, 2.05) is 0 Å². The number of amides is 1. The largest absolute Gasteiger partial charge is 0.484 e. The maximum Gasteiger partial charge on any atom is 0.387 e. The third kappa shape index (κ3) is 3.83. The number of para-hydroxylation sites is 2. The number of fused-ring (bicyclic) bond motifs is 1. The molecule has 0 bridgehead atoms. The van der Waals surface area contributed by atoms with Crippen molar-refractivity contribution >= 4 is 11.6 Å². The van der Waals surface area contributed by atoms with Crippen LogP contribution >= 0.6 is 0 Å². The van der Waals surface area contributed by atoms with Crippen LogP contribution in [0.25, 0.3) is 0 Å². The number of carbonyl (C=O) groups excluding carboxylic acids is 1. The first-order valence-corrected chi connectivity index (χ1v) is 6.98. The molecule has 0 saturated heterocycles. The Morgan fingerprint density at radius 1 is 1.17 bits per heavy atom. The van der Waals surface area contributed by atoms with Gasteiger partial charge in [0.15, 0.2) is 18.1 Å². The Labute approximate surface area is 135 Å². The van der Waals surface area contributed by atoms with E-state index in [1.54, 1.807) is 24.3 Å². The number of benzene rings is 2. The van der Waals surface area contributed by atoms with Gasteiger partial charge in [0.1, 0.15) is 11.5 Å². The van der Waals surface area contributed by atoms with Gasteiger partial charge in [-0.25, -0.2) is 0 Å². The minimum atomic E-state index is -2.98. The predicted octanol–water partition coefficient (Wildman–Crippen LogP) is 3.03. The standard InChI is InChI=1S/C16H13F2NO5/c17-16(18)24-12-4-2-1-3-11(12)19-15(20)8-21-10-5-6-13-14(7-10)23-9-22-13/h1-7,16H,8-9H2,(H,19,20).